The van der Waals surface area contributed by atoms with Crippen LogP contribution in [0.1, 0.15) is 13.3 Å². The van der Waals surface area contributed by atoms with Crippen LogP contribution in [0.4, 0.5) is 5.69 Å². The highest BCUT2D eigenvalue weighted by molar-refractivity contribution is 8.03. The summed E-state index contributed by atoms with van der Waals surface area (Å²) in [7, 11) is 0. The number of hydrogen-bond acceptors (Lipinski definition) is 6. The Balaban J connectivity index is 1.71. The third-order valence-electron chi connectivity index (χ3n) is 3.42. The minimum Gasteiger partial charge on any atom is -0.476 e. The lowest BCUT2D eigenvalue weighted by molar-refractivity contribution is 0.311. The zero-order valence-corrected chi connectivity index (χ0v) is 13.2. The molecular weight excluding hydrogens is 296 g/mol. The van der Waals surface area contributed by atoms with Crippen LogP contribution in [0, 0.1) is 0 Å². The van der Waals surface area contributed by atoms with E-state index in [1.165, 1.54) is 10.6 Å². The van der Waals surface area contributed by atoms with Crippen molar-refractivity contribution in [3.63, 3.8) is 0 Å². The Bertz CT molecular complexity index is 685. The summed E-state index contributed by atoms with van der Waals surface area (Å²) >= 11 is 1.83. The van der Waals surface area contributed by atoms with Gasteiger partial charge in [0.25, 0.3) is 0 Å². The van der Waals surface area contributed by atoms with E-state index in [4.69, 9.17) is 10.5 Å². The second kappa shape index (κ2) is 6.70. The second-order valence-corrected chi connectivity index (χ2v) is 6.01. The number of anilines is 1. The summed E-state index contributed by atoms with van der Waals surface area (Å²) in [6, 6.07) is 7.55. The Hall–Kier alpha value is -2.21. The third kappa shape index (κ3) is 3.33. The van der Waals surface area contributed by atoms with E-state index in [0.29, 0.717) is 12.5 Å². The number of nitrogens with zero attached hydrogens (tertiary/aromatic N) is 2. The van der Waals surface area contributed by atoms with Gasteiger partial charge in [-0.3, -0.25) is 0 Å². The van der Waals surface area contributed by atoms with Crippen LogP contribution in [0.15, 0.2) is 47.3 Å². The van der Waals surface area contributed by atoms with Gasteiger partial charge in [-0.15, -0.1) is 11.8 Å². The fourth-order valence-corrected chi connectivity index (χ4v) is 3.19. The molecule has 1 aromatic heterocycles. The van der Waals surface area contributed by atoms with Crippen molar-refractivity contribution in [2.45, 2.75) is 13.3 Å². The molecule has 3 rings (SSSR count). The summed E-state index contributed by atoms with van der Waals surface area (Å²) in [5.41, 5.74) is 9.38. The summed E-state index contributed by atoms with van der Waals surface area (Å²) in [5, 5.41) is 3.31. The highest BCUT2D eigenvalue weighted by Gasteiger charge is 2.13. The lowest BCUT2D eigenvalue weighted by Gasteiger charge is -2.10. The van der Waals surface area contributed by atoms with Gasteiger partial charge in [0.1, 0.15) is 5.69 Å². The van der Waals surface area contributed by atoms with E-state index in [2.05, 4.69) is 22.2 Å². The molecule has 2 aromatic rings. The van der Waals surface area contributed by atoms with Crippen LogP contribution >= 0.6 is 11.8 Å². The van der Waals surface area contributed by atoms with E-state index in [1.54, 1.807) is 12.4 Å². The van der Waals surface area contributed by atoms with Gasteiger partial charge >= 0.3 is 0 Å². The second-order valence-electron chi connectivity index (χ2n) is 4.94. The third-order valence-corrected chi connectivity index (χ3v) is 4.57. The molecule has 0 radical (unpaired) electrons. The van der Waals surface area contributed by atoms with Crippen molar-refractivity contribution in [2.24, 2.45) is 0 Å². The first-order valence-corrected chi connectivity index (χ1v) is 8.09. The molecule has 2 heterocycles. The van der Waals surface area contributed by atoms with Crippen molar-refractivity contribution in [2.75, 3.05) is 18.2 Å². The number of nitrogens with two attached hydrogens (primary N) is 1. The van der Waals surface area contributed by atoms with Crippen LogP contribution in [-0.4, -0.2) is 22.5 Å². The molecule has 1 aromatic carbocycles. The Labute approximate surface area is 134 Å². The molecule has 0 amide bonds. The molecule has 0 bridgehead atoms. The Morgan fingerprint density at radius 2 is 2.00 bits per heavy atom. The van der Waals surface area contributed by atoms with Crippen LogP contribution in [0.25, 0.3) is 11.3 Å². The standard InChI is InChI=1S/C16H18N4OS/c1-11-14(22-10-20-11)6-9-21-16-15(18-7-8-19-16)12-2-4-13(17)5-3-12/h2-5,7-8,20H,6,9-10,17H2,1H3. The lowest BCUT2D eigenvalue weighted by Crippen LogP contribution is -2.04. The number of rotatable bonds is 5. The van der Waals surface area contributed by atoms with Gasteiger partial charge < -0.3 is 15.8 Å². The maximum absolute atomic E-state index is 5.85. The number of hydrogen-bond donors (Lipinski definition) is 2. The number of ether oxygens (including phenoxy) is 1. The zero-order valence-electron chi connectivity index (χ0n) is 12.4. The lowest BCUT2D eigenvalue weighted by atomic mass is 10.1. The quantitative estimate of drug-likeness (QED) is 0.827. The first-order valence-electron chi connectivity index (χ1n) is 7.10. The van der Waals surface area contributed by atoms with Crippen LogP contribution in [-0.2, 0) is 0 Å². The molecule has 6 heteroatoms. The van der Waals surface area contributed by atoms with Gasteiger partial charge in [-0.05, 0) is 19.1 Å². The molecule has 22 heavy (non-hydrogen) atoms. The molecular formula is C16H18N4OS. The smallest absolute Gasteiger partial charge is 0.240 e. The predicted molar refractivity (Wildman–Crippen MR) is 90.3 cm³/mol. The molecule has 0 spiro atoms. The number of allylic oxidation sites excluding steroid dienone is 1. The van der Waals surface area contributed by atoms with Gasteiger partial charge in [-0.25, -0.2) is 9.97 Å². The summed E-state index contributed by atoms with van der Waals surface area (Å²) in [5.74, 6) is 1.50. The van der Waals surface area contributed by atoms with Crippen molar-refractivity contribution >= 4 is 17.4 Å². The van der Waals surface area contributed by atoms with Crippen molar-refractivity contribution < 1.29 is 4.74 Å². The normalized spacial score (nSPS) is 14.0. The van der Waals surface area contributed by atoms with E-state index in [0.717, 1.165) is 29.2 Å². The van der Waals surface area contributed by atoms with Crippen LogP contribution < -0.4 is 15.8 Å². The van der Waals surface area contributed by atoms with Gasteiger partial charge in [0.2, 0.25) is 5.88 Å². The van der Waals surface area contributed by atoms with E-state index >= 15 is 0 Å². The largest absolute Gasteiger partial charge is 0.476 e. The van der Waals surface area contributed by atoms with Gasteiger partial charge in [0.05, 0.1) is 12.5 Å². The van der Waals surface area contributed by atoms with Crippen LogP contribution in [0.2, 0.25) is 0 Å². The van der Waals surface area contributed by atoms with Gasteiger partial charge in [-0.2, -0.15) is 0 Å². The monoisotopic (exact) mass is 314 g/mol. The molecule has 3 N–H and O–H groups in total. The van der Waals surface area contributed by atoms with Crippen molar-refractivity contribution in [1.82, 2.24) is 15.3 Å². The maximum Gasteiger partial charge on any atom is 0.240 e. The number of benzene rings is 1. The van der Waals surface area contributed by atoms with E-state index in [-0.39, 0.29) is 0 Å². The predicted octanol–water partition coefficient (Wildman–Crippen LogP) is 3.02. The summed E-state index contributed by atoms with van der Waals surface area (Å²) in [6.07, 6.45) is 4.19. The minimum atomic E-state index is 0.557. The van der Waals surface area contributed by atoms with Gasteiger partial charge in [0, 0.05) is 40.7 Å². The molecule has 0 saturated heterocycles. The highest BCUT2D eigenvalue weighted by atomic mass is 32.2. The average Bonchev–Trinajstić information content (AvgIpc) is 2.94. The number of nitrogen functional groups attached to an aromatic ring is 1. The van der Waals surface area contributed by atoms with Crippen LogP contribution in [0.3, 0.4) is 0 Å². The van der Waals surface area contributed by atoms with E-state index in [1.807, 2.05) is 36.0 Å². The topological polar surface area (TPSA) is 73.1 Å². The fraction of sp³-hybridized carbons (Fsp3) is 0.250. The molecule has 0 saturated carbocycles. The Morgan fingerprint density at radius 1 is 1.23 bits per heavy atom. The van der Waals surface area contributed by atoms with E-state index in [9.17, 15) is 0 Å². The Morgan fingerprint density at radius 3 is 2.73 bits per heavy atom. The first-order chi connectivity index (χ1) is 10.7. The summed E-state index contributed by atoms with van der Waals surface area (Å²) < 4.78 is 5.85. The van der Waals surface area contributed by atoms with Crippen molar-refractivity contribution in [3.05, 3.63) is 47.3 Å². The van der Waals surface area contributed by atoms with Crippen LogP contribution in [0.5, 0.6) is 5.88 Å². The minimum absolute atomic E-state index is 0.557. The molecule has 0 atom stereocenters. The maximum atomic E-state index is 5.85. The molecule has 0 aliphatic carbocycles. The summed E-state index contributed by atoms with van der Waals surface area (Å²) in [4.78, 5) is 10.0. The number of nitrogens with one attached hydrogen (secondary N) is 1. The molecule has 0 unspecified atom stereocenters. The molecule has 0 fully saturated rings. The average molecular weight is 314 g/mol. The number of thioether (sulfide) groups is 1. The summed E-state index contributed by atoms with van der Waals surface area (Å²) in [6.45, 7) is 2.68. The zero-order chi connectivity index (χ0) is 15.4. The number of aromatic nitrogens is 2. The van der Waals surface area contributed by atoms with Gasteiger partial charge in [0.15, 0.2) is 0 Å². The molecule has 114 valence electrons. The first kappa shape index (κ1) is 14.7. The highest BCUT2D eigenvalue weighted by Crippen LogP contribution is 2.29. The Kier molecular flexibility index (Phi) is 4.48. The molecule has 1 aliphatic heterocycles. The van der Waals surface area contributed by atoms with Crippen molar-refractivity contribution in [1.29, 1.82) is 0 Å². The molecule has 5 nitrogen and oxygen atoms in total. The van der Waals surface area contributed by atoms with E-state index < -0.39 is 0 Å². The molecule has 1 aliphatic rings. The van der Waals surface area contributed by atoms with Gasteiger partial charge in [-0.1, -0.05) is 12.1 Å². The van der Waals surface area contributed by atoms with Crippen molar-refractivity contribution in [3.8, 4) is 17.1 Å². The fourth-order valence-electron chi connectivity index (χ4n) is 2.21. The SMILES string of the molecule is CC1=C(CCOc2nccnc2-c2ccc(N)cc2)SCN1.